The third-order valence-electron chi connectivity index (χ3n) is 5.72. The highest BCUT2D eigenvalue weighted by atomic mass is 32.1. The third kappa shape index (κ3) is 3.64. The molecule has 0 fully saturated rings. The van der Waals surface area contributed by atoms with Crippen molar-refractivity contribution in [3.05, 3.63) is 106 Å². The molecule has 162 valence electrons. The Hall–Kier alpha value is -4.03. The van der Waals surface area contributed by atoms with E-state index < -0.39 is 5.91 Å². The van der Waals surface area contributed by atoms with Crippen molar-refractivity contribution in [2.45, 2.75) is 13.8 Å². The molecule has 1 aliphatic heterocycles. The first-order chi connectivity index (χ1) is 15.9. The van der Waals surface area contributed by atoms with Gasteiger partial charge in [0, 0.05) is 21.7 Å². The molecule has 1 N–H and O–H groups in total. The van der Waals surface area contributed by atoms with Gasteiger partial charge in [-0.1, -0.05) is 36.4 Å². The van der Waals surface area contributed by atoms with Crippen LogP contribution in [0.25, 0.3) is 10.4 Å². The zero-order valence-corrected chi connectivity index (χ0v) is 18.9. The van der Waals surface area contributed by atoms with Gasteiger partial charge in [0.15, 0.2) is 0 Å². The maximum absolute atomic E-state index is 13.2. The van der Waals surface area contributed by atoms with Gasteiger partial charge >= 0.3 is 0 Å². The molecule has 0 unspecified atom stereocenters. The SMILES string of the molecule is Cc1ccc(C)c(N2C(=O)c3ccc(C(=O)Nc4ccccc4-c4cccs4)cc3C2=O)c1. The monoisotopic (exact) mass is 452 g/mol. The molecule has 0 bridgehead atoms. The van der Waals surface area contributed by atoms with Crippen LogP contribution >= 0.6 is 11.3 Å². The number of benzene rings is 3. The first-order valence-electron chi connectivity index (χ1n) is 10.5. The molecule has 1 aromatic heterocycles. The normalized spacial score (nSPS) is 12.7. The van der Waals surface area contributed by atoms with Gasteiger partial charge in [-0.2, -0.15) is 0 Å². The number of nitrogens with one attached hydrogen (secondary N) is 1. The van der Waals surface area contributed by atoms with Crippen molar-refractivity contribution in [2.24, 2.45) is 0 Å². The van der Waals surface area contributed by atoms with E-state index in [-0.39, 0.29) is 17.4 Å². The number of para-hydroxylation sites is 1. The van der Waals surface area contributed by atoms with Crippen LogP contribution in [-0.4, -0.2) is 17.7 Å². The van der Waals surface area contributed by atoms with Crippen LogP contribution in [0.4, 0.5) is 11.4 Å². The second kappa shape index (κ2) is 8.15. The number of imide groups is 1. The Kier molecular flexibility index (Phi) is 5.15. The van der Waals surface area contributed by atoms with Gasteiger partial charge in [0.05, 0.1) is 16.8 Å². The minimum absolute atomic E-state index is 0.236. The van der Waals surface area contributed by atoms with Gasteiger partial charge < -0.3 is 5.32 Å². The minimum atomic E-state index is -0.419. The first kappa shape index (κ1) is 20.8. The van der Waals surface area contributed by atoms with E-state index in [2.05, 4.69) is 5.32 Å². The third-order valence-corrected chi connectivity index (χ3v) is 6.62. The highest BCUT2D eigenvalue weighted by molar-refractivity contribution is 7.13. The summed E-state index contributed by atoms with van der Waals surface area (Å²) >= 11 is 1.59. The summed E-state index contributed by atoms with van der Waals surface area (Å²) in [6.07, 6.45) is 0. The molecule has 1 aliphatic rings. The van der Waals surface area contributed by atoms with Crippen molar-refractivity contribution in [3.63, 3.8) is 0 Å². The summed E-state index contributed by atoms with van der Waals surface area (Å²) in [7, 11) is 0. The fraction of sp³-hybridized carbons (Fsp3) is 0.0741. The Bertz CT molecular complexity index is 1420. The summed E-state index contributed by atoms with van der Waals surface area (Å²) in [5.74, 6) is -1.14. The van der Waals surface area contributed by atoms with Gasteiger partial charge in [-0.25, -0.2) is 4.90 Å². The van der Waals surface area contributed by atoms with Crippen LogP contribution in [0.15, 0.2) is 78.2 Å². The van der Waals surface area contributed by atoms with E-state index in [1.807, 2.05) is 73.8 Å². The lowest BCUT2D eigenvalue weighted by Crippen LogP contribution is -2.30. The van der Waals surface area contributed by atoms with Crippen LogP contribution in [-0.2, 0) is 0 Å². The number of anilines is 2. The van der Waals surface area contributed by atoms with Crippen LogP contribution in [0.1, 0.15) is 42.2 Å². The lowest BCUT2D eigenvalue weighted by molar-refractivity contribution is 0.0925. The number of thiophene rings is 1. The number of aryl methyl sites for hydroxylation is 2. The summed E-state index contributed by atoms with van der Waals surface area (Å²) in [6.45, 7) is 3.78. The van der Waals surface area contributed by atoms with E-state index >= 15 is 0 Å². The highest BCUT2D eigenvalue weighted by Gasteiger charge is 2.37. The number of amides is 3. The van der Waals surface area contributed by atoms with Gasteiger partial charge in [0.25, 0.3) is 17.7 Å². The molecule has 3 amide bonds. The number of hydrogen-bond acceptors (Lipinski definition) is 4. The topological polar surface area (TPSA) is 66.5 Å². The molecule has 0 aliphatic carbocycles. The second-order valence-corrected chi connectivity index (χ2v) is 8.92. The number of hydrogen-bond donors (Lipinski definition) is 1. The van der Waals surface area contributed by atoms with Gasteiger partial charge in [-0.15, -0.1) is 11.3 Å². The predicted molar refractivity (Wildman–Crippen MR) is 131 cm³/mol. The van der Waals surface area contributed by atoms with Crippen LogP contribution < -0.4 is 10.2 Å². The Morgan fingerprint density at radius 2 is 1.61 bits per heavy atom. The summed E-state index contributed by atoms with van der Waals surface area (Å²) < 4.78 is 0. The Morgan fingerprint density at radius 3 is 2.39 bits per heavy atom. The highest BCUT2D eigenvalue weighted by Crippen LogP contribution is 2.33. The van der Waals surface area contributed by atoms with Gasteiger partial charge in [0.1, 0.15) is 0 Å². The lowest BCUT2D eigenvalue weighted by Gasteiger charge is -2.17. The summed E-state index contributed by atoms with van der Waals surface area (Å²) in [5.41, 5.74) is 4.82. The molecule has 3 aromatic carbocycles. The summed E-state index contributed by atoms with van der Waals surface area (Å²) in [6, 6.07) is 21.8. The van der Waals surface area contributed by atoms with E-state index in [0.717, 1.165) is 21.6 Å². The van der Waals surface area contributed by atoms with Crippen molar-refractivity contribution < 1.29 is 14.4 Å². The number of carbonyl (C=O) groups excluding carboxylic acids is 3. The zero-order chi connectivity index (χ0) is 23.1. The van der Waals surface area contributed by atoms with E-state index in [1.165, 1.54) is 11.0 Å². The number of carbonyl (C=O) groups is 3. The molecule has 2 heterocycles. The van der Waals surface area contributed by atoms with E-state index in [0.29, 0.717) is 22.5 Å². The molecule has 0 spiro atoms. The number of fused-ring (bicyclic) bond motifs is 1. The van der Waals surface area contributed by atoms with Crippen LogP contribution in [0.3, 0.4) is 0 Å². The van der Waals surface area contributed by atoms with Gasteiger partial charge in [-0.05, 0) is 66.8 Å². The molecule has 33 heavy (non-hydrogen) atoms. The largest absolute Gasteiger partial charge is 0.321 e. The lowest BCUT2D eigenvalue weighted by atomic mass is 10.0. The molecular formula is C27H20N2O3S. The van der Waals surface area contributed by atoms with Crippen molar-refractivity contribution in [1.82, 2.24) is 0 Å². The average molecular weight is 453 g/mol. The molecule has 4 aromatic rings. The minimum Gasteiger partial charge on any atom is -0.321 e. The van der Waals surface area contributed by atoms with Crippen LogP contribution in [0, 0.1) is 13.8 Å². The smallest absolute Gasteiger partial charge is 0.266 e. The fourth-order valence-corrected chi connectivity index (χ4v) is 4.76. The second-order valence-electron chi connectivity index (χ2n) is 7.97. The van der Waals surface area contributed by atoms with Crippen molar-refractivity contribution in [2.75, 3.05) is 10.2 Å². The zero-order valence-electron chi connectivity index (χ0n) is 18.1. The molecule has 0 radical (unpaired) electrons. The first-order valence-corrected chi connectivity index (χ1v) is 11.4. The van der Waals surface area contributed by atoms with E-state index in [4.69, 9.17) is 0 Å². The Balaban J connectivity index is 1.46. The maximum atomic E-state index is 13.2. The van der Waals surface area contributed by atoms with E-state index in [1.54, 1.807) is 23.5 Å². The van der Waals surface area contributed by atoms with Gasteiger partial charge in [-0.3, -0.25) is 14.4 Å². The Morgan fingerprint density at radius 1 is 0.818 bits per heavy atom. The molecule has 0 saturated heterocycles. The van der Waals surface area contributed by atoms with Crippen LogP contribution in [0.5, 0.6) is 0 Å². The number of rotatable bonds is 4. The fourth-order valence-electron chi connectivity index (χ4n) is 3.99. The average Bonchev–Trinajstić information content (AvgIpc) is 3.43. The van der Waals surface area contributed by atoms with Crippen molar-refractivity contribution >= 4 is 40.4 Å². The number of nitrogens with zero attached hydrogens (tertiary/aromatic N) is 1. The van der Waals surface area contributed by atoms with Crippen molar-refractivity contribution in [1.29, 1.82) is 0 Å². The molecule has 0 saturated carbocycles. The molecule has 5 rings (SSSR count). The predicted octanol–water partition coefficient (Wildman–Crippen LogP) is 6.08. The maximum Gasteiger partial charge on any atom is 0.266 e. The Labute approximate surface area is 195 Å². The summed E-state index contributed by atoms with van der Waals surface area (Å²) in [4.78, 5) is 41.5. The quantitative estimate of drug-likeness (QED) is 0.381. The van der Waals surface area contributed by atoms with Gasteiger partial charge in [0.2, 0.25) is 0 Å². The van der Waals surface area contributed by atoms with Crippen molar-refractivity contribution in [3.8, 4) is 10.4 Å². The molecule has 5 nitrogen and oxygen atoms in total. The summed E-state index contributed by atoms with van der Waals surface area (Å²) in [5, 5.41) is 4.93. The molecule has 0 atom stereocenters. The van der Waals surface area contributed by atoms with E-state index in [9.17, 15) is 14.4 Å². The van der Waals surface area contributed by atoms with Crippen LogP contribution in [0.2, 0.25) is 0 Å². The molecule has 6 heteroatoms. The molecular weight excluding hydrogens is 432 g/mol. The standard InChI is InChI=1S/C27H20N2O3S/c1-16-9-10-17(2)23(14-16)29-26(31)19-12-11-18(15-21(19)27(29)32)25(30)28-22-7-4-3-6-20(22)24-8-5-13-33-24/h3-15H,1-2H3,(H,28,30).